The van der Waals surface area contributed by atoms with Crippen molar-refractivity contribution in [3.8, 4) is 0 Å². The molecule has 0 radical (unpaired) electrons. The Morgan fingerprint density at radius 1 is 1.18 bits per heavy atom. The fourth-order valence-electron chi connectivity index (χ4n) is 1.19. The number of aliphatic carboxylic acids is 2. The quantitative estimate of drug-likeness (QED) is 0.653. The van der Waals surface area contributed by atoms with Crippen LogP contribution < -0.4 is 0 Å². The van der Waals surface area contributed by atoms with Gasteiger partial charge in [-0.25, -0.2) is 0 Å². The maximum Gasteiger partial charge on any atom is 0.310 e. The molecule has 0 fully saturated rings. The average molecular weight is 246 g/mol. The fraction of sp³-hybridized carbons (Fsp3) is 0.727. The lowest BCUT2D eigenvalue weighted by Gasteiger charge is -2.20. The van der Waals surface area contributed by atoms with Gasteiger partial charge in [-0.15, -0.1) is 0 Å². The Kier molecular flexibility index (Phi) is 6.23. The summed E-state index contributed by atoms with van der Waals surface area (Å²) < 4.78 is 4.97. The molecule has 0 rings (SSSR count). The first-order valence-corrected chi connectivity index (χ1v) is 5.44. The molecule has 0 aliphatic rings. The molecule has 0 amide bonds. The van der Waals surface area contributed by atoms with Crippen LogP contribution in [-0.4, -0.2) is 34.2 Å². The molecule has 0 saturated heterocycles. The van der Waals surface area contributed by atoms with Crippen LogP contribution >= 0.6 is 0 Å². The standard InChI is InChI=1S/C11H18O6/c1-4-6(2)17-11(16)8(5-9(12)13)7(3)10(14)15/h6-8H,4-5H2,1-3H3,(H,12,13)(H,14,15). The molecule has 0 spiro atoms. The van der Waals surface area contributed by atoms with Crippen LogP contribution in [0.15, 0.2) is 0 Å². The largest absolute Gasteiger partial charge is 0.481 e. The zero-order chi connectivity index (χ0) is 13.6. The third kappa shape index (κ3) is 5.33. The third-order valence-corrected chi connectivity index (χ3v) is 2.58. The van der Waals surface area contributed by atoms with Gasteiger partial charge in [0.05, 0.1) is 24.4 Å². The summed E-state index contributed by atoms with van der Waals surface area (Å²) in [4.78, 5) is 33.0. The molecular weight excluding hydrogens is 228 g/mol. The van der Waals surface area contributed by atoms with Crippen LogP contribution in [0, 0.1) is 11.8 Å². The smallest absolute Gasteiger partial charge is 0.310 e. The van der Waals surface area contributed by atoms with Gasteiger partial charge >= 0.3 is 17.9 Å². The lowest BCUT2D eigenvalue weighted by molar-refractivity contribution is -0.163. The van der Waals surface area contributed by atoms with E-state index in [1.807, 2.05) is 6.92 Å². The zero-order valence-corrected chi connectivity index (χ0v) is 10.2. The highest BCUT2D eigenvalue weighted by Gasteiger charge is 2.33. The molecule has 0 saturated carbocycles. The molecule has 0 bridgehead atoms. The van der Waals surface area contributed by atoms with Crippen LogP contribution in [0.25, 0.3) is 0 Å². The summed E-state index contributed by atoms with van der Waals surface area (Å²) in [6, 6.07) is 0. The van der Waals surface area contributed by atoms with E-state index in [0.717, 1.165) is 0 Å². The van der Waals surface area contributed by atoms with E-state index in [1.165, 1.54) is 6.92 Å². The number of carboxylic acids is 2. The maximum absolute atomic E-state index is 11.6. The van der Waals surface area contributed by atoms with Crippen molar-refractivity contribution >= 4 is 17.9 Å². The number of hydrogen-bond donors (Lipinski definition) is 2. The molecule has 0 heterocycles. The minimum Gasteiger partial charge on any atom is -0.481 e. The van der Waals surface area contributed by atoms with E-state index >= 15 is 0 Å². The number of carbonyl (C=O) groups excluding carboxylic acids is 1. The van der Waals surface area contributed by atoms with Gasteiger partial charge in [0.2, 0.25) is 0 Å². The molecule has 0 aliphatic heterocycles. The first kappa shape index (κ1) is 15.4. The molecule has 6 nitrogen and oxygen atoms in total. The fourth-order valence-corrected chi connectivity index (χ4v) is 1.19. The Morgan fingerprint density at radius 2 is 1.71 bits per heavy atom. The highest BCUT2D eigenvalue weighted by molar-refractivity contribution is 5.84. The summed E-state index contributed by atoms with van der Waals surface area (Å²) >= 11 is 0. The van der Waals surface area contributed by atoms with E-state index in [9.17, 15) is 14.4 Å². The number of carbonyl (C=O) groups is 3. The number of rotatable bonds is 7. The van der Waals surface area contributed by atoms with Gasteiger partial charge in [0.1, 0.15) is 0 Å². The van der Waals surface area contributed by atoms with Crippen molar-refractivity contribution in [2.75, 3.05) is 0 Å². The Hall–Kier alpha value is -1.59. The summed E-state index contributed by atoms with van der Waals surface area (Å²) in [5, 5.41) is 17.5. The average Bonchev–Trinajstić information content (AvgIpc) is 2.24. The van der Waals surface area contributed by atoms with Crippen LogP contribution in [0.2, 0.25) is 0 Å². The van der Waals surface area contributed by atoms with Gasteiger partial charge < -0.3 is 14.9 Å². The second-order valence-corrected chi connectivity index (χ2v) is 3.99. The van der Waals surface area contributed by atoms with Crippen molar-refractivity contribution in [2.24, 2.45) is 11.8 Å². The highest BCUT2D eigenvalue weighted by atomic mass is 16.5. The predicted molar refractivity (Wildman–Crippen MR) is 58.4 cm³/mol. The molecule has 3 atom stereocenters. The van der Waals surface area contributed by atoms with Gasteiger partial charge in [-0.05, 0) is 13.3 Å². The number of hydrogen-bond acceptors (Lipinski definition) is 4. The van der Waals surface area contributed by atoms with Crippen molar-refractivity contribution in [3.05, 3.63) is 0 Å². The Bertz CT molecular complexity index is 298. The van der Waals surface area contributed by atoms with Crippen molar-refractivity contribution in [3.63, 3.8) is 0 Å². The maximum atomic E-state index is 11.6. The molecular formula is C11H18O6. The topological polar surface area (TPSA) is 101 Å². The van der Waals surface area contributed by atoms with E-state index < -0.39 is 36.2 Å². The molecule has 98 valence electrons. The van der Waals surface area contributed by atoms with Crippen LogP contribution in [0.1, 0.15) is 33.6 Å². The number of esters is 1. The van der Waals surface area contributed by atoms with Crippen LogP contribution in [-0.2, 0) is 19.1 Å². The van der Waals surface area contributed by atoms with Crippen LogP contribution in [0.3, 0.4) is 0 Å². The second-order valence-electron chi connectivity index (χ2n) is 3.99. The Labute approximate surface area is 99.6 Å². The van der Waals surface area contributed by atoms with Gasteiger partial charge in [-0.1, -0.05) is 13.8 Å². The molecule has 6 heteroatoms. The summed E-state index contributed by atoms with van der Waals surface area (Å²) in [5.74, 6) is -5.43. The van der Waals surface area contributed by atoms with Gasteiger partial charge in [0.15, 0.2) is 0 Å². The molecule has 0 aromatic heterocycles. The zero-order valence-electron chi connectivity index (χ0n) is 10.2. The van der Waals surface area contributed by atoms with E-state index in [1.54, 1.807) is 6.92 Å². The summed E-state index contributed by atoms with van der Waals surface area (Å²) in [7, 11) is 0. The van der Waals surface area contributed by atoms with Gasteiger partial charge in [-0.2, -0.15) is 0 Å². The number of ether oxygens (including phenoxy) is 1. The highest BCUT2D eigenvalue weighted by Crippen LogP contribution is 2.19. The minimum absolute atomic E-state index is 0.347. The minimum atomic E-state index is -1.22. The molecule has 0 aliphatic carbocycles. The normalized spacial score (nSPS) is 15.7. The Morgan fingerprint density at radius 3 is 2.06 bits per heavy atom. The van der Waals surface area contributed by atoms with Gasteiger partial charge in [-0.3, -0.25) is 14.4 Å². The monoisotopic (exact) mass is 246 g/mol. The van der Waals surface area contributed by atoms with Gasteiger partial charge in [0.25, 0.3) is 0 Å². The van der Waals surface area contributed by atoms with Gasteiger partial charge in [0, 0.05) is 0 Å². The van der Waals surface area contributed by atoms with Crippen molar-refractivity contribution in [1.29, 1.82) is 0 Å². The van der Waals surface area contributed by atoms with E-state index in [4.69, 9.17) is 14.9 Å². The van der Waals surface area contributed by atoms with Crippen molar-refractivity contribution in [2.45, 2.75) is 39.7 Å². The van der Waals surface area contributed by atoms with E-state index in [0.29, 0.717) is 6.42 Å². The molecule has 3 unspecified atom stereocenters. The summed E-state index contributed by atoms with van der Waals surface area (Å²) in [5.41, 5.74) is 0. The third-order valence-electron chi connectivity index (χ3n) is 2.58. The molecule has 0 aromatic carbocycles. The first-order chi connectivity index (χ1) is 7.79. The van der Waals surface area contributed by atoms with Crippen molar-refractivity contribution in [1.82, 2.24) is 0 Å². The first-order valence-electron chi connectivity index (χ1n) is 5.44. The summed E-state index contributed by atoms with van der Waals surface area (Å²) in [6.45, 7) is 4.78. The molecule has 2 N–H and O–H groups in total. The van der Waals surface area contributed by atoms with Crippen LogP contribution in [0.4, 0.5) is 0 Å². The molecule has 17 heavy (non-hydrogen) atoms. The second kappa shape index (κ2) is 6.88. The van der Waals surface area contributed by atoms with E-state index in [2.05, 4.69) is 0 Å². The predicted octanol–water partition coefficient (Wildman–Crippen LogP) is 1.14. The van der Waals surface area contributed by atoms with E-state index in [-0.39, 0.29) is 6.10 Å². The lowest BCUT2D eigenvalue weighted by Crippen LogP contribution is -2.33. The summed E-state index contributed by atoms with van der Waals surface area (Å²) in [6.07, 6.45) is -0.296. The number of carboxylic acid groups (broad SMARTS) is 2. The molecule has 0 aromatic rings. The lowest BCUT2D eigenvalue weighted by atomic mass is 9.91. The SMILES string of the molecule is CCC(C)OC(=O)C(CC(=O)O)C(C)C(=O)O. The Balaban J connectivity index is 4.73. The van der Waals surface area contributed by atoms with Crippen LogP contribution in [0.5, 0.6) is 0 Å². The van der Waals surface area contributed by atoms with Crippen molar-refractivity contribution < 1.29 is 29.3 Å².